The SMILES string of the molecule is Fc1cc2[nH]c(-c3cccc(Nc4ccc(-c5cccnn5)cc4)c3)nc2cc1Cl. The number of anilines is 2. The van der Waals surface area contributed by atoms with Crippen LogP contribution in [0.2, 0.25) is 5.02 Å². The average Bonchev–Trinajstić information content (AvgIpc) is 3.18. The lowest BCUT2D eigenvalue weighted by molar-refractivity contribution is 0.630. The minimum absolute atomic E-state index is 0.0564. The molecule has 2 N–H and O–H groups in total. The van der Waals surface area contributed by atoms with Crippen LogP contribution in [0.25, 0.3) is 33.7 Å². The quantitative estimate of drug-likeness (QED) is 0.365. The third kappa shape index (κ3) is 3.60. The first-order valence-corrected chi connectivity index (χ1v) is 9.64. The number of nitrogens with one attached hydrogen (secondary N) is 2. The van der Waals surface area contributed by atoms with E-state index in [-0.39, 0.29) is 5.02 Å². The van der Waals surface area contributed by atoms with Crippen LogP contribution >= 0.6 is 11.6 Å². The van der Waals surface area contributed by atoms with Crippen LogP contribution in [-0.2, 0) is 0 Å². The number of hydrogen-bond donors (Lipinski definition) is 2. The van der Waals surface area contributed by atoms with E-state index in [0.29, 0.717) is 16.9 Å². The van der Waals surface area contributed by atoms with Crippen LogP contribution in [0.1, 0.15) is 0 Å². The number of imidazole rings is 1. The highest BCUT2D eigenvalue weighted by Gasteiger charge is 2.10. The van der Waals surface area contributed by atoms with Crippen molar-refractivity contribution in [3.8, 4) is 22.6 Å². The van der Waals surface area contributed by atoms with Crippen LogP contribution in [0.15, 0.2) is 79.0 Å². The molecule has 5 aromatic rings. The Hall–Kier alpha value is -3.77. The van der Waals surface area contributed by atoms with Gasteiger partial charge >= 0.3 is 0 Å². The van der Waals surface area contributed by atoms with Crippen molar-refractivity contribution in [2.24, 2.45) is 0 Å². The van der Waals surface area contributed by atoms with Crippen molar-refractivity contribution >= 4 is 34.0 Å². The Morgan fingerprint density at radius 3 is 2.53 bits per heavy atom. The van der Waals surface area contributed by atoms with Crippen LogP contribution in [0.4, 0.5) is 15.8 Å². The molecule has 0 amide bonds. The summed E-state index contributed by atoms with van der Waals surface area (Å²) in [5, 5.41) is 11.5. The number of aromatic amines is 1. The summed E-state index contributed by atoms with van der Waals surface area (Å²) in [6.07, 6.45) is 1.65. The van der Waals surface area contributed by atoms with Gasteiger partial charge in [-0.2, -0.15) is 10.2 Å². The third-order valence-electron chi connectivity index (χ3n) is 4.70. The molecular weight excluding hydrogens is 401 g/mol. The molecule has 3 aromatic carbocycles. The van der Waals surface area contributed by atoms with E-state index in [9.17, 15) is 4.39 Å². The maximum atomic E-state index is 13.7. The van der Waals surface area contributed by atoms with E-state index < -0.39 is 5.82 Å². The largest absolute Gasteiger partial charge is 0.356 e. The van der Waals surface area contributed by atoms with Gasteiger partial charge in [-0.3, -0.25) is 0 Å². The molecule has 0 radical (unpaired) electrons. The molecule has 0 aliphatic rings. The zero-order chi connectivity index (χ0) is 20.5. The lowest BCUT2D eigenvalue weighted by atomic mass is 10.1. The Morgan fingerprint density at radius 1 is 0.867 bits per heavy atom. The number of H-pyrrole nitrogens is 1. The summed E-state index contributed by atoms with van der Waals surface area (Å²) in [6.45, 7) is 0. The lowest BCUT2D eigenvalue weighted by Gasteiger charge is -2.08. The molecular formula is C23H15ClFN5. The molecule has 0 atom stereocenters. The first-order valence-electron chi connectivity index (χ1n) is 9.26. The monoisotopic (exact) mass is 415 g/mol. The Labute approximate surface area is 176 Å². The lowest BCUT2D eigenvalue weighted by Crippen LogP contribution is -1.92. The highest BCUT2D eigenvalue weighted by atomic mass is 35.5. The molecule has 5 rings (SSSR count). The highest BCUT2D eigenvalue weighted by Crippen LogP contribution is 2.28. The van der Waals surface area contributed by atoms with Gasteiger partial charge in [-0.25, -0.2) is 9.37 Å². The van der Waals surface area contributed by atoms with E-state index in [0.717, 1.165) is 28.2 Å². The molecule has 0 aliphatic heterocycles. The van der Waals surface area contributed by atoms with Crippen molar-refractivity contribution in [1.29, 1.82) is 0 Å². The van der Waals surface area contributed by atoms with Crippen LogP contribution in [0.3, 0.4) is 0 Å². The molecule has 0 saturated heterocycles. The molecule has 146 valence electrons. The van der Waals surface area contributed by atoms with E-state index in [4.69, 9.17) is 11.6 Å². The zero-order valence-corrected chi connectivity index (χ0v) is 16.4. The number of fused-ring (bicyclic) bond motifs is 1. The molecule has 0 fully saturated rings. The number of aromatic nitrogens is 4. The molecule has 0 saturated carbocycles. The minimum atomic E-state index is -0.472. The smallest absolute Gasteiger partial charge is 0.144 e. The predicted molar refractivity (Wildman–Crippen MR) is 117 cm³/mol. The number of benzene rings is 3. The first-order chi connectivity index (χ1) is 14.7. The second kappa shape index (κ2) is 7.57. The number of rotatable bonds is 4. The van der Waals surface area contributed by atoms with Crippen molar-refractivity contribution < 1.29 is 4.39 Å². The van der Waals surface area contributed by atoms with Crippen molar-refractivity contribution in [2.45, 2.75) is 0 Å². The van der Waals surface area contributed by atoms with Crippen molar-refractivity contribution in [2.75, 3.05) is 5.32 Å². The van der Waals surface area contributed by atoms with Crippen LogP contribution in [0.5, 0.6) is 0 Å². The van der Waals surface area contributed by atoms with E-state index in [1.165, 1.54) is 12.1 Å². The fourth-order valence-corrected chi connectivity index (χ4v) is 3.39. The molecule has 2 heterocycles. The summed E-state index contributed by atoms with van der Waals surface area (Å²) < 4.78 is 13.7. The Bertz CT molecular complexity index is 1290. The molecule has 5 nitrogen and oxygen atoms in total. The Kier molecular flexibility index (Phi) is 4.61. The fourth-order valence-electron chi connectivity index (χ4n) is 3.23. The molecule has 30 heavy (non-hydrogen) atoms. The summed E-state index contributed by atoms with van der Waals surface area (Å²) >= 11 is 5.86. The minimum Gasteiger partial charge on any atom is -0.356 e. The standard InChI is InChI=1S/C23H15ClFN5/c24-18-12-21-22(13-19(18)25)29-23(28-21)15-3-1-4-17(11-15)27-16-8-6-14(7-9-16)20-5-2-10-26-30-20/h1-13,27H,(H,28,29). The molecule has 0 spiro atoms. The van der Waals surface area contributed by atoms with E-state index in [1.807, 2.05) is 60.7 Å². The van der Waals surface area contributed by atoms with E-state index in [1.54, 1.807) is 6.20 Å². The fraction of sp³-hybridized carbons (Fsp3) is 0. The number of hydrogen-bond acceptors (Lipinski definition) is 4. The van der Waals surface area contributed by atoms with Crippen molar-refractivity contribution in [1.82, 2.24) is 20.2 Å². The Morgan fingerprint density at radius 2 is 1.73 bits per heavy atom. The van der Waals surface area contributed by atoms with Gasteiger partial charge in [0.05, 0.1) is 21.7 Å². The van der Waals surface area contributed by atoms with Gasteiger partial charge < -0.3 is 10.3 Å². The number of nitrogens with zero attached hydrogens (tertiary/aromatic N) is 3. The molecule has 0 bridgehead atoms. The third-order valence-corrected chi connectivity index (χ3v) is 4.99. The van der Waals surface area contributed by atoms with E-state index >= 15 is 0 Å². The van der Waals surface area contributed by atoms with Gasteiger partial charge in [0.25, 0.3) is 0 Å². The van der Waals surface area contributed by atoms with Crippen LogP contribution < -0.4 is 5.32 Å². The predicted octanol–water partition coefficient (Wildman–Crippen LogP) is 6.22. The Balaban J connectivity index is 1.40. The average molecular weight is 416 g/mol. The van der Waals surface area contributed by atoms with Crippen LogP contribution in [0, 0.1) is 5.82 Å². The van der Waals surface area contributed by atoms with Crippen LogP contribution in [-0.4, -0.2) is 20.2 Å². The van der Waals surface area contributed by atoms with Gasteiger partial charge in [0.15, 0.2) is 0 Å². The molecule has 0 aliphatic carbocycles. The second-order valence-electron chi connectivity index (χ2n) is 6.76. The normalized spacial score (nSPS) is 11.0. The zero-order valence-electron chi connectivity index (χ0n) is 15.6. The van der Waals surface area contributed by atoms with Crippen molar-refractivity contribution in [3.63, 3.8) is 0 Å². The second-order valence-corrected chi connectivity index (χ2v) is 7.17. The van der Waals surface area contributed by atoms with Crippen molar-refractivity contribution in [3.05, 3.63) is 89.8 Å². The van der Waals surface area contributed by atoms with Gasteiger partial charge in [0, 0.05) is 34.8 Å². The van der Waals surface area contributed by atoms with Gasteiger partial charge in [-0.15, -0.1) is 0 Å². The van der Waals surface area contributed by atoms with Gasteiger partial charge in [-0.05, 0) is 42.5 Å². The van der Waals surface area contributed by atoms with Gasteiger partial charge in [0.2, 0.25) is 0 Å². The molecule has 2 aromatic heterocycles. The number of halogens is 2. The maximum Gasteiger partial charge on any atom is 0.144 e. The summed E-state index contributed by atoms with van der Waals surface area (Å²) in [6, 6.07) is 22.5. The van der Waals surface area contributed by atoms with Gasteiger partial charge in [0.1, 0.15) is 11.6 Å². The summed E-state index contributed by atoms with van der Waals surface area (Å²) in [7, 11) is 0. The maximum absolute atomic E-state index is 13.7. The van der Waals surface area contributed by atoms with Gasteiger partial charge in [-0.1, -0.05) is 35.9 Å². The molecule has 0 unspecified atom stereocenters. The molecule has 7 heteroatoms. The van der Waals surface area contributed by atoms with E-state index in [2.05, 4.69) is 25.5 Å². The summed E-state index contributed by atoms with van der Waals surface area (Å²) in [4.78, 5) is 7.68. The summed E-state index contributed by atoms with van der Waals surface area (Å²) in [5.41, 5.74) is 5.77. The highest BCUT2D eigenvalue weighted by molar-refractivity contribution is 6.31. The summed E-state index contributed by atoms with van der Waals surface area (Å²) in [5.74, 6) is 0.174. The topological polar surface area (TPSA) is 66.5 Å². The first kappa shape index (κ1) is 18.3.